The monoisotopic (exact) mass is 511 g/mol. The molecule has 0 unspecified atom stereocenters. The summed E-state index contributed by atoms with van der Waals surface area (Å²) in [5.74, 6) is -0.248. The highest BCUT2D eigenvalue weighted by molar-refractivity contribution is 7.92. The van der Waals surface area contributed by atoms with E-state index in [0.717, 1.165) is 36.2 Å². The van der Waals surface area contributed by atoms with Gasteiger partial charge in [-0.25, -0.2) is 8.42 Å². The second-order valence-corrected chi connectivity index (χ2v) is 11.0. The van der Waals surface area contributed by atoms with Crippen LogP contribution in [0.4, 0.5) is 17.1 Å². The molecule has 0 fully saturated rings. The molecule has 4 aromatic rings. The van der Waals surface area contributed by atoms with Crippen molar-refractivity contribution < 1.29 is 13.2 Å². The molecule has 2 N–H and O–H groups in total. The predicted octanol–water partition coefficient (Wildman–Crippen LogP) is 5.92. The number of carbonyl (C=O) groups is 1. The average Bonchev–Trinajstić information content (AvgIpc) is 3.30. The average molecular weight is 512 g/mol. The largest absolute Gasteiger partial charge is 0.367 e. The highest BCUT2D eigenvalue weighted by atomic mass is 32.2. The molecule has 0 aromatic heterocycles. The topological polar surface area (TPSA) is 78.5 Å². The van der Waals surface area contributed by atoms with Gasteiger partial charge in [-0.3, -0.25) is 9.52 Å². The summed E-state index contributed by atoms with van der Waals surface area (Å²) in [6.07, 6.45) is 1.05. The van der Waals surface area contributed by atoms with Gasteiger partial charge in [-0.1, -0.05) is 48.5 Å². The van der Waals surface area contributed by atoms with Crippen LogP contribution in [-0.2, 0) is 23.0 Å². The zero-order valence-electron chi connectivity index (χ0n) is 20.9. The van der Waals surface area contributed by atoms with Crippen molar-refractivity contribution in [1.82, 2.24) is 0 Å². The third-order valence-electron chi connectivity index (χ3n) is 6.71. The summed E-state index contributed by atoms with van der Waals surface area (Å²) in [6, 6.07) is 27.8. The number of carbonyl (C=O) groups excluding carboxylic acids is 1. The summed E-state index contributed by atoms with van der Waals surface area (Å²) < 4.78 is 28.4. The number of anilines is 3. The lowest BCUT2D eigenvalue weighted by Crippen LogP contribution is -2.19. The molecular formula is C30H29N3O3S. The molecule has 0 aliphatic carbocycles. The minimum Gasteiger partial charge on any atom is -0.367 e. The van der Waals surface area contributed by atoms with E-state index in [0.29, 0.717) is 16.9 Å². The van der Waals surface area contributed by atoms with Crippen molar-refractivity contribution in [3.8, 4) is 0 Å². The Morgan fingerprint density at radius 1 is 0.838 bits per heavy atom. The number of nitrogens with zero attached hydrogens (tertiary/aromatic N) is 1. The first kappa shape index (κ1) is 24.6. The molecule has 0 radical (unpaired) electrons. The number of rotatable bonds is 7. The van der Waals surface area contributed by atoms with Crippen LogP contribution in [0.3, 0.4) is 0 Å². The standard InChI is InChI=1S/C30H29N3O3S/c1-21-6-5-7-22(2)29(21)32-37(35,36)27-16-14-26(15-17-27)31-30(34)25-12-10-23(11-13-25)20-33-19-18-24-8-3-4-9-28(24)33/h3-17,32H,18-20H2,1-2H3,(H,31,34). The van der Waals surface area contributed by atoms with E-state index in [1.54, 1.807) is 12.1 Å². The van der Waals surface area contributed by atoms with Gasteiger partial charge in [0.1, 0.15) is 0 Å². The Balaban J connectivity index is 1.22. The van der Waals surface area contributed by atoms with Crippen molar-refractivity contribution in [1.29, 1.82) is 0 Å². The molecule has 37 heavy (non-hydrogen) atoms. The van der Waals surface area contributed by atoms with E-state index in [1.807, 2.05) is 56.3 Å². The fraction of sp³-hybridized carbons (Fsp3) is 0.167. The van der Waals surface area contributed by atoms with Gasteiger partial charge in [-0.15, -0.1) is 0 Å². The number of sulfonamides is 1. The van der Waals surface area contributed by atoms with Crippen LogP contribution in [0.25, 0.3) is 0 Å². The lowest BCUT2D eigenvalue weighted by Gasteiger charge is -2.19. The second-order valence-electron chi connectivity index (χ2n) is 9.35. The first-order valence-electron chi connectivity index (χ1n) is 12.2. The summed E-state index contributed by atoms with van der Waals surface area (Å²) in [6.45, 7) is 5.52. The van der Waals surface area contributed by atoms with Crippen LogP contribution in [0, 0.1) is 13.8 Å². The van der Waals surface area contributed by atoms with Crippen LogP contribution in [-0.4, -0.2) is 20.9 Å². The molecular weight excluding hydrogens is 482 g/mol. The fourth-order valence-electron chi connectivity index (χ4n) is 4.64. The van der Waals surface area contributed by atoms with Crippen molar-refractivity contribution in [2.24, 2.45) is 0 Å². The van der Waals surface area contributed by atoms with E-state index in [2.05, 4.69) is 39.2 Å². The second kappa shape index (κ2) is 10.1. The van der Waals surface area contributed by atoms with E-state index >= 15 is 0 Å². The third-order valence-corrected chi connectivity index (χ3v) is 8.08. The first-order chi connectivity index (χ1) is 17.8. The fourth-order valence-corrected chi connectivity index (χ4v) is 5.85. The van der Waals surface area contributed by atoms with Gasteiger partial charge >= 0.3 is 0 Å². The summed E-state index contributed by atoms with van der Waals surface area (Å²) >= 11 is 0. The smallest absolute Gasteiger partial charge is 0.261 e. The van der Waals surface area contributed by atoms with Gasteiger partial charge in [0.2, 0.25) is 0 Å². The van der Waals surface area contributed by atoms with Crippen LogP contribution in [0.5, 0.6) is 0 Å². The number of hydrogen-bond donors (Lipinski definition) is 2. The number of nitrogens with one attached hydrogen (secondary N) is 2. The number of aryl methyl sites for hydroxylation is 2. The molecule has 1 heterocycles. The Morgan fingerprint density at radius 3 is 2.22 bits per heavy atom. The van der Waals surface area contributed by atoms with Gasteiger partial charge in [-0.05, 0) is 85.0 Å². The highest BCUT2D eigenvalue weighted by Crippen LogP contribution is 2.29. The molecule has 0 saturated carbocycles. The number of benzene rings is 4. The normalized spacial score (nSPS) is 12.8. The van der Waals surface area contributed by atoms with Crippen LogP contribution in [0.15, 0.2) is 95.9 Å². The summed E-state index contributed by atoms with van der Waals surface area (Å²) in [5, 5.41) is 2.85. The van der Waals surface area contributed by atoms with E-state index in [1.165, 1.54) is 23.4 Å². The molecule has 7 heteroatoms. The van der Waals surface area contributed by atoms with Crippen molar-refractivity contribution in [3.05, 3.63) is 119 Å². The Hall–Kier alpha value is -4.10. The Kier molecular flexibility index (Phi) is 6.72. The van der Waals surface area contributed by atoms with E-state index < -0.39 is 10.0 Å². The molecule has 188 valence electrons. The third kappa shape index (κ3) is 5.37. The summed E-state index contributed by atoms with van der Waals surface area (Å²) in [7, 11) is -3.76. The van der Waals surface area contributed by atoms with Gasteiger partial charge in [0.15, 0.2) is 0 Å². The maximum Gasteiger partial charge on any atom is 0.261 e. The number of amides is 1. The maximum atomic E-state index is 12.9. The molecule has 4 aromatic carbocycles. The summed E-state index contributed by atoms with van der Waals surface area (Å²) in [5.41, 5.74) is 7.13. The zero-order valence-corrected chi connectivity index (χ0v) is 21.7. The van der Waals surface area contributed by atoms with Crippen LogP contribution in [0.2, 0.25) is 0 Å². The van der Waals surface area contributed by atoms with Gasteiger partial charge < -0.3 is 10.2 Å². The molecule has 5 rings (SSSR count). The van der Waals surface area contributed by atoms with Crippen LogP contribution < -0.4 is 14.9 Å². The van der Waals surface area contributed by atoms with Crippen molar-refractivity contribution >= 4 is 33.0 Å². The van der Waals surface area contributed by atoms with Gasteiger partial charge in [0.25, 0.3) is 15.9 Å². The number of hydrogen-bond acceptors (Lipinski definition) is 4. The van der Waals surface area contributed by atoms with Crippen LogP contribution >= 0.6 is 0 Å². The lowest BCUT2D eigenvalue weighted by atomic mass is 10.1. The SMILES string of the molecule is Cc1cccc(C)c1NS(=O)(=O)c1ccc(NC(=O)c2ccc(CN3CCc4ccccc43)cc2)cc1. The zero-order chi connectivity index (χ0) is 26.0. The maximum absolute atomic E-state index is 12.9. The van der Waals surface area contributed by atoms with Crippen molar-refractivity contribution in [3.63, 3.8) is 0 Å². The van der Waals surface area contributed by atoms with E-state index in [-0.39, 0.29) is 10.8 Å². The molecule has 1 aliphatic heterocycles. The van der Waals surface area contributed by atoms with Gasteiger partial charge in [0.05, 0.1) is 10.6 Å². The first-order valence-corrected chi connectivity index (χ1v) is 13.7. The molecule has 6 nitrogen and oxygen atoms in total. The predicted molar refractivity (Wildman–Crippen MR) is 149 cm³/mol. The quantitative estimate of drug-likeness (QED) is 0.323. The Morgan fingerprint density at radius 2 is 1.51 bits per heavy atom. The Labute approximate surface area is 218 Å². The summed E-state index contributed by atoms with van der Waals surface area (Å²) in [4.78, 5) is 15.3. The molecule has 0 bridgehead atoms. The molecule has 1 aliphatic rings. The van der Waals surface area contributed by atoms with Crippen molar-refractivity contribution in [2.75, 3.05) is 21.5 Å². The highest BCUT2D eigenvalue weighted by Gasteiger charge is 2.19. The molecule has 0 saturated heterocycles. The molecule has 0 atom stereocenters. The molecule has 1 amide bonds. The van der Waals surface area contributed by atoms with Crippen molar-refractivity contribution in [2.45, 2.75) is 31.7 Å². The van der Waals surface area contributed by atoms with Crippen LogP contribution in [0.1, 0.15) is 32.6 Å². The number of fused-ring (bicyclic) bond motifs is 1. The van der Waals surface area contributed by atoms with Gasteiger partial charge in [0, 0.05) is 30.0 Å². The lowest BCUT2D eigenvalue weighted by molar-refractivity contribution is 0.102. The van der Waals surface area contributed by atoms with E-state index in [9.17, 15) is 13.2 Å². The van der Waals surface area contributed by atoms with E-state index in [4.69, 9.17) is 0 Å². The molecule has 0 spiro atoms. The van der Waals surface area contributed by atoms with Gasteiger partial charge in [-0.2, -0.15) is 0 Å². The minimum absolute atomic E-state index is 0.126. The Bertz CT molecular complexity index is 1530. The minimum atomic E-state index is -3.76. The number of para-hydroxylation sites is 2.